The van der Waals surface area contributed by atoms with Crippen molar-refractivity contribution in [1.82, 2.24) is 5.32 Å². The lowest BCUT2D eigenvalue weighted by molar-refractivity contribution is -0.117. The van der Waals surface area contributed by atoms with Gasteiger partial charge in [0.2, 0.25) is 0 Å². The maximum atomic E-state index is 12.4. The van der Waals surface area contributed by atoms with Crippen LogP contribution >= 0.6 is 11.6 Å². The van der Waals surface area contributed by atoms with E-state index in [4.69, 9.17) is 16.3 Å². The first-order chi connectivity index (χ1) is 13.0. The number of Topliss-reactive ketones (excluding diaryl/α,β-unsaturated/α-hetero) is 1. The first-order valence-corrected chi connectivity index (χ1v) is 9.35. The van der Waals surface area contributed by atoms with Gasteiger partial charge in [-0.15, -0.1) is 0 Å². The molecule has 0 aliphatic carbocycles. The van der Waals surface area contributed by atoms with E-state index in [1.54, 1.807) is 30.3 Å². The van der Waals surface area contributed by atoms with Crippen LogP contribution in [0.3, 0.4) is 0 Å². The lowest BCUT2D eigenvalue weighted by atomic mass is 10.0. The molecule has 0 aromatic heterocycles. The molecule has 0 atom stereocenters. The van der Waals surface area contributed by atoms with E-state index in [1.165, 1.54) is 6.07 Å². The molecule has 1 amide bonds. The zero-order valence-corrected chi connectivity index (χ0v) is 15.7. The number of aromatic hydroxyl groups is 1. The Hall–Kier alpha value is -2.37. The average Bonchev–Trinajstić information content (AvgIpc) is 2.65. The van der Waals surface area contributed by atoms with E-state index in [9.17, 15) is 14.7 Å². The zero-order valence-electron chi connectivity index (χ0n) is 14.9. The number of hydrogen-bond donors (Lipinski definition) is 2. The second-order valence-electron chi connectivity index (χ2n) is 6.73. The van der Waals surface area contributed by atoms with Crippen LogP contribution < -0.4 is 5.32 Å². The maximum absolute atomic E-state index is 12.4. The highest BCUT2D eigenvalue weighted by atomic mass is 35.5. The lowest BCUT2D eigenvalue weighted by Gasteiger charge is -2.23. The number of hydrogen-bond acceptors (Lipinski definition) is 4. The first-order valence-electron chi connectivity index (χ1n) is 8.98. The molecule has 0 unspecified atom stereocenters. The van der Waals surface area contributed by atoms with Gasteiger partial charge >= 0.3 is 0 Å². The summed E-state index contributed by atoms with van der Waals surface area (Å²) in [4.78, 5) is 24.8. The molecule has 3 rings (SSSR count). The van der Waals surface area contributed by atoms with Crippen LogP contribution in [-0.4, -0.2) is 36.1 Å². The van der Waals surface area contributed by atoms with E-state index in [0.717, 1.165) is 18.4 Å². The van der Waals surface area contributed by atoms with Crippen LogP contribution in [0.5, 0.6) is 5.75 Å². The highest BCUT2D eigenvalue weighted by Crippen LogP contribution is 2.22. The van der Waals surface area contributed by atoms with Gasteiger partial charge in [-0.2, -0.15) is 0 Å². The summed E-state index contributed by atoms with van der Waals surface area (Å²) in [6.07, 6.45) is 1.90. The van der Waals surface area contributed by atoms with Crippen molar-refractivity contribution < 1.29 is 19.4 Å². The van der Waals surface area contributed by atoms with Crippen molar-refractivity contribution >= 4 is 23.3 Å². The van der Waals surface area contributed by atoms with Crippen LogP contribution in [0.1, 0.15) is 34.3 Å². The maximum Gasteiger partial charge on any atom is 0.251 e. The molecule has 6 heteroatoms. The second kappa shape index (κ2) is 9.02. The Morgan fingerprint density at radius 3 is 2.67 bits per heavy atom. The first kappa shape index (κ1) is 19.4. The third-order valence-corrected chi connectivity index (χ3v) is 4.81. The minimum Gasteiger partial charge on any atom is -0.508 e. The van der Waals surface area contributed by atoms with E-state index < -0.39 is 0 Å². The number of benzene rings is 2. The Kier molecular flexibility index (Phi) is 6.48. The highest BCUT2D eigenvalue weighted by Gasteiger charge is 2.17. The van der Waals surface area contributed by atoms with Crippen molar-refractivity contribution in [3.8, 4) is 5.75 Å². The fourth-order valence-electron chi connectivity index (χ4n) is 3.13. The van der Waals surface area contributed by atoms with Gasteiger partial charge in [0.15, 0.2) is 0 Å². The van der Waals surface area contributed by atoms with Crippen LogP contribution in [0.15, 0.2) is 42.5 Å². The number of rotatable bonds is 6. The molecular formula is C21H22ClNO4. The molecule has 0 radical (unpaired) electrons. The molecule has 27 heavy (non-hydrogen) atoms. The van der Waals surface area contributed by atoms with Crippen LogP contribution in [0.2, 0.25) is 5.02 Å². The molecule has 0 spiro atoms. The molecule has 1 saturated heterocycles. The molecule has 1 fully saturated rings. The van der Waals surface area contributed by atoms with E-state index in [0.29, 0.717) is 29.4 Å². The van der Waals surface area contributed by atoms with Crippen molar-refractivity contribution in [3.63, 3.8) is 0 Å². The van der Waals surface area contributed by atoms with E-state index in [1.807, 2.05) is 6.07 Å². The SMILES string of the molecule is O=C(Cc1cccc(C(=O)NC2CCOCC2)c1)Cc1cc(Cl)ccc1O. The standard InChI is InChI=1S/C21H22ClNO4/c22-17-4-5-20(25)16(12-17)13-19(24)11-14-2-1-3-15(10-14)21(26)23-18-6-8-27-9-7-18/h1-5,10,12,18,25H,6-9,11,13H2,(H,23,26). The number of phenols is 1. The Balaban J connectivity index is 1.62. The number of halogens is 1. The number of ketones is 1. The molecule has 5 nitrogen and oxygen atoms in total. The molecule has 2 aromatic carbocycles. The van der Waals surface area contributed by atoms with Crippen LogP contribution in [0.25, 0.3) is 0 Å². The molecule has 142 valence electrons. The third-order valence-electron chi connectivity index (χ3n) is 4.58. The van der Waals surface area contributed by atoms with Crippen molar-refractivity contribution in [1.29, 1.82) is 0 Å². The van der Waals surface area contributed by atoms with Crippen molar-refractivity contribution in [2.75, 3.05) is 13.2 Å². The molecule has 2 aromatic rings. The summed E-state index contributed by atoms with van der Waals surface area (Å²) in [5.74, 6) is -0.143. The lowest BCUT2D eigenvalue weighted by Crippen LogP contribution is -2.38. The van der Waals surface area contributed by atoms with Gasteiger partial charge in [0, 0.05) is 48.2 Å². The summed E-state index contributed by atoms with van der Waals surface area (Å²) in [6.45, 7) is 1.33. The van der Waals surface area contributed by atoms with Crippen LogP contribution in [0, 0.1) is 0 Å². The van der Waals surface area contributed by atoms with E-state index >= 15 is 0 Å². The molecular weight excluding hydrogens is 366 g/mol. The van der Waals surface area contributed by atoms with E-state index in [2.05, 4.69) is 5.32 Å². The van der Waals surface area contributed by atoms with Crippen LogP contribution in [-0.2, 0) is 22.4 Å². The summed E-state index contributed by atoms with van der Waals surface area (Å²) in [6, 6.07) is 11.8. The van der Waals surface area contributed by atoms with Crippen molar-refractivity contribution in [3.05, 3.63) is 64.2 Å². The van der Waals surface area contributed by atoms with Gasteiger partial charge in [-0.05, 0) is 48.7 Å². The molecule has 1 aliphatic rings. The molecule has 1 aliphatic heterocycles. The molecule has 1 heterocycles. The summed E-state index contributed by atoms with van der Waals surface area (Å²) < 4.78 is 5.30. The Bertz CT molecular complexity index is 831. The van der Waals surface area contributed by atoms with Gasteiger partial charge in [-0.3, -0.25) is 9.59 Å². The Labute approximate surface area is 163 Å². The quantitative estimate of drug-likeness (QED) is 0.797. The molecule has 0 bridgehead atoms. The Morgan fingerprint density at radius 1 is 1.11 bits per heavy atom. The second-order valence-corrected chi connectivity index (χ2v) is 7.16. The largest absolute Gasteiger partial charge is 0.508 e. The van der Waals surface area contributed by atoms with Gasteiger partial charge in [0.25, 0.3) is 5.91 Å². The minimum atomic E-state index is -0.135. The average molecular weight is 388 g/mol. The highest BCUT2D eigenvalue weighted by molar-refractivity contribution is 6.30. The normalized spacial score (nSPS) is 14.7. The van der Waals surface area contributed by atoms with Gasteiger partial charge < -0.3 is 15.2 Å². The van der Waals surface area contributed by atoms with Gasteiger partial charge in [0.1, 0.15) is 11.5 Å². The van der Waals surface area contributed by atoms with Gasteiger partial charge in [0.05, 0.1) is 0 Å². The van der Waals surface area contributed by atoms with Crippen LogP contribution in [0.4, 0.5) is 0 Å². The molecule has 2 N–H and O–H groups in total. The summed E-state index contributed by atoms with van der Waals surface area (Å²) >= 11 is 5.92. The van der Waals surface area contributed by atoms with Gasteiger partial charge in [-0.1, -0.05) is 23.7 Å². The zero-order chi connectivity index (χ0) is 19.2. The van der Waals surface area contributed by atoms with Crippen molar-refractivity contribution in [2.24, 2.45) is 0 Å². The predicted molar refractivity (Wildman–Crippen MR) is 103 cm³/mol. The number of phenolic OH excluding ortho intramolecular Hbond substituents is 1. The number of carbonyl (C=O) groups is 2. The number of ether oxygens (including phenoxy) is 1. The number of carbonyl (C=O) groups excluding carboxylic acids is 2. The third kappa shape index (κ3) is 5.55. The Morgan fingerprint density at radius 2 is 1.89 bits per heavy atom. The number of amides is 1. The smallest absolute Gasteiger partial charge is 0.251 e. The topological polar surface area (TPSA) is 75.6 Å². The predicted octanol–water partition coefficient (Wildman–Crippen LogP) is 3.31. The summed E-state index contributed by atoms with van der Waals surface area (Å²) in [5, 5.41) is 13.3. The monoisotopic (exact) mass is 387 g/mol. The van der Waals surface area contributed by atoms with Crippen molar-refractivity contribution in [2.45, 2.75) is 31.7 Å². The van der Waals surface area contributed by atoms with Gasteiger partial charge in [-0.25, -0.2) is 0 Å². The fraction of sp³-hybridized carbons (Fsp3) is 0.333. The van der Waals surface area contributed by atoms with E-state index in [-0.39, 0.29) is 36.3 Å². The molecule has 0 saturated carbocycles. The fourth-order valence-corrected chi connectivity index (χ4v) is 3.33. The minimum absolute atomic E-state index is 0.0531. The number of nitrogens with one attached hydrogen (secondary N) is 1. The summed E-state index contributed by atoms with van der Waals surface area (Å²) in [5.41, 5.74) is 1.81. The summed E-state index contributed by atoms with van der Waals surface area (Å²) in [7, 11) is 0.